The first-order valence-corrected chi connectivity index (χ1v) is 9.59. The van der Waals surface area contributed by atoms with Crippen molar-refractivity contribution in [2.45, 2.75) is 4.90 Å². The summed E-state index contributed by atoms with van der Waals surface area (Å²) in [7, 11) is -2.78. The Morgan fingerprint density at radius 1 is 0.926 bits per heavy atom. The number of furan rings is 1. The Morgan fingerprint density at radius 3 is 2.44 bits per heavy atom. The normalized spacial score (nSPS) is 11.6. The van der Waals surface area contributed by atoms with Crippen LogP contribution in [0.3, 0.4) is 0 Å². The monoisotopic (exact) mass is 381 g/mol. The highest BCUT2D eigenvalue weighted by Crippen LogP contribution is 2.31. The van der Waals surface area contributed by atoms with Crippen molar-refractivity contribution < 1.29 is 22.4 Å². The van der Waals surface area contributed by atoms with Gasteiger partial charge >= 0.3 is 5.97 Å². The van der Waals surface area contributed by atoms with Crippen LogP contribution >= 0.6 is 0 Å². The van der Waals surface area contributed by atoms with Crippen LogP contribution in [0.4, 0.5) is 5.69 Å². The molecule has 0 amide bonds. The van der Waals surface area contributed by atoms with Crippen LogP contribution in [0, 0.1) is 0 Å². The van der Waals surface area contributed by atoms with E-state index in [1.807, 2.05) is 24.3 Å². The van der Waals surface area contributed by atoms with Gasteiger partial charge in [0, 0.05) is 16.5 Å². The second kappa shape index (κ2) is 6.44. The van der Waals surface area contributed by atoms with Crippen LogP contribution in [-0.4, -0.2) is 21.5 Å². The van der Waals surface area contributed by atoms with Gasteiger partial charge < -0.3 is 9.15 Å². The lowest BCUT2D eigenvalue weighted by atomic mass is 10.1. The Labute approximate surface area is 155 Å². The van der Waals surface area contributed by atoms with E-state index in [0.29, 0.717) is 11.3 Å². The number of ether oxygens (including phenoxy) is 1. The molecule has 1 N–H and O–H groups in total. The van der Waals surface area contributed by atoms with Crippen molar-refractivity contribution in [2.75, 3.05) is 11.8 Å². The van der Waals surface area contributed by atoms with Gasteiger partial charge in [0.1, 0.15) is 16.1 Å². The van der Waals surface area contributed by atoms with Crippen LogP contribution in [0.1, 0.15) is 10.4 Å². The number of hydrogen-bond acceptors (Lipinski definition) is 5. The molecule has 0 radical (unpaired) electrons. The average molecular weight is 381 g/mol. The standard InChI is InChI=1S/C20H15NO5S/c1-25-20(22)15-7-3-5-9-19(15)27(23,24)21-13-10-11-18-16(12-13)14-6-2-4-8-17(14)26-18/h2-12,21H,1H3. The highest BCUT2D eigenvalue weighted by molar-refractivity contribution is 7.92. The lowest BCUT2D eigenvalue weighted by molar-refractivity contribution is 0.0596. The van der Waals surface area contributed by atoms with E-state index in [9.17, 15) is 13.2 Å². The highest BCUT2D eigenvalue weighted by Gasteiger charge is 2.23. The van der Waals surface area contributed by atoms with E-state index in [1.54, 1.807) is 30.3 Å². The molecule has 0 fully saturated rings. The van der Waals surface area contributed by atoms with Crippen molar-refractivity contribution in [3.63, 3.8) is 0 Å². The number of sulfonamides is 1. The van der Waals surface area contributed by atoms with Gasteiger partial charge in [0.2, 0.25) is 0 Å². The zero-order valence-corrected chi connectivity index (χ0v) is 15.1. The topological polar surface area (TPSA) is 85.6 Å². The molecule has 4 aromatic rings. The number of para-hydroxylation sites is 1. The number of nitrogens with one attached hydrogen (secondary N) is 1. The predicted molar refractivity (Wildman–Crippen MR) is 102 cm³/mol. The molecule has 136 valence electrons. The maximum absolute atomic E-state index is 12.8. The highest BCUT2D eigenvalue weighted by atomic mass is 32.2. The van der Waals surface area contributed by atoms with Gasteiger partial charge in [-0.25, -0.2) is 13.2 Å². The Balaban J connectivity index is 1.77. The molecule has 0 bridgehead atoms. The van der Waals surface area contributed by atoms with Gasteiger partial charge in [-0.15, -0.1) is 0 Å². The van der Waals surface area contributed by atoms with Crippen molar-refractivity contribution in [1.82, 2.24) is 0 Å². The van der Waals surface area contributed by atoms with E-state index in [1.165, 1.54) is 19.2 Å². The van der Waals surface area contributed by atoms with Gasteiger partial charge in [0.15, 0.2) is 0 Å². The molecule has 0 aliphatic carbocycles. The molecule has 27 heavy (non-hydrogen) atoms. The second-order valence-electron chi connectivity index (χ2n) is 5.90. The second-order valence-corrected chi connectivity index (χ2v) is 7.55. The number of carbonyl (C=O) groups is 1. The molecular weight excluding hydrogens is 366 g/mol. The summed E-state index contributed by atoms with van der Waals surface area (Å²) in [5.41, 5.74) is 1.73. The summed E-state index contributed by atoms with van der Waals surface area (Å²) < 4.78 is 38.6. The Morgan fingerprint density at radius 2 is 1.63 bits per heavy atom. The molecular formula is C20H15NO5S. The quantitative estimate of drug-likeness (QED) is 0.536. The zero-order chi connectivity index (χ0) is 19.0. The number of carbonyl (C=O) groups excluding carboxylic acids is 1. The number of benzene rings is 3. The first-order chi connectivity index (χ1) is 13.0. The van der Waals surface area contributed by atoms with E-state index in [4.69, 9.17) is 4.42 Å². The minimum atomic E-state index is -3.99. The van der Waals surface area contributed by atoms with Gasteiger partial charge in [-0.2, -0.15) is 0 Å². The number of fused-ring (bicyclic) bond motifs is 3. The molecule has 0 unspecified atom stereocenters. The fraction of sp³-hybridized carbons (Fsp3) is 0.0500. The molecule has 4 rings (SSSR count). The van der Waals surface area contributed by atoms with Gasteiger partial charge in [-0.05, 0) is 36.4 Å². The lowest BCUT2D eigenvalue weighted by Crippen LogP contribution is -2.17. The molecule has 0 saturated carbocycles. The summed E-state index contributed by atoms with van der Waals surface area (Å²) in [4.78, 5) is 11.7. The van der Waals surface area contributed by atoms with Crippen LogP contribution in [0.15, 0.2) is 76.0 Å². The molecule has 0 saturated heterocycles. The van der Waals surface area contributed by atoms with Crippen LogP contribution in [0.5, 0.6) is 0 Å². The van der Waals surface area contributed by atoms with Gasteiger partial charge in [0.25, 0.3) is 10.0 Å². The van der Waals surface area contributed by atoms with E-state index in [2.05, 4.69) is 9.46 Å². The van der Waals surface area contributed by atoms with Gasteiger partial charge in [0.05, 0.1) is 12.7 Å². The van der Waals surface area contributed by atoms with Crippen molar-refractivity contribution in [3.8, 4) is 0 Å². The summed E-state index contributed by atoms with van der Waals surface area (Å²) >= 11 is 0. The molecule has 1 heterocycles. The smallest absolute Gasteiger partial charge is 0.339 e. The van der Waals surface area contributed by atoms with Crippen LogP contribution in [0.2, 0.25) is 0 Å². The van der Waals surface area contributed by atoms with Crippen molar-refractivity contribution >= 4 is 43.6 Å². The molecule has 1 aromatic heterocycles. The fourth-order valence-corrected chi connectivity index (χ4v) is 4.23. The van der Waals surface area contributed by atoms with Crippen molar-refractivity contribution in [2.24, 2.45) is 0 Å². The van der Waals surface area contributed by atoms with Crippen molar-refractivity contribution in [1.29, 1.82) is 0 Å². The Kier molecular flexibility index (Phi) is 4.08. The molecule has 7 heteroatoms. The van der Waals surface area contributed by atoms with Gasteiger partial charge in [-0.3, -0.25) is 4.72 Å². The van der Waals surface area contributed by atoms with E-state index in [-0.39, 0.29) is 10.5 Å². The first-order valence-electron chi connectivity index (χ1n) is 8.11. The summed E-state index contributed by atoms with van der Waals surface area (Å²) in [6.45, 7) is 0. The van der Waals surface area contributed by atoms with E-state index < -0.39 is 16.0 Å². The lowest BCUT2D eigenvalue weighted by Gasteiger charge is -2.11. The summed E-state index contributed by atoms with van der Waals surface area (Å²) in [5, 5.41) is 1.69. The summed E-state index contributed by atoms with van der Waals surface area (Å²) in [5.74, 6) is -0.716. The van der Waals surface area contributed by atoms with Crippen LogP contribution in [-0.2, 0) is 14.8 Å². The number of hydrogen-bond donors (Lipinski definition) is 1. The number of methoxy groups -OCH3 is 1. The molecule has 0 atom stereocenters. The fourth-order valence-electron chi connectivity index (χ4n) is 2.98. The first kappa shape index (κ1) is 17.1. The third kappa shape index (κ3) is 3.02. The third-order valence-corrected chi connectivity index (χ3v) is 5.65. The van der Waals surface area contributed by atoms with Crippen LogP contribution in [0.25, 0.3) is 21.9 Å². The van der Waals surface area contributed by atoms with Crippen molar-refractivity contribution in [3.05, 3.63) is 72.3 Å². The molecule has 0 aliphatic heterocycles. The minimum Gasteiger partial charge on any atom is -0.465 e. The summed E-state index contributed by atoms with van der Waals surface area (Å²) in [6.07, 6.45) is 0. The molecule has 3 aromatic carbocycles. The average Bonchev–Trinajstić information content (AvgIpc) is 3.05. The molecule has 0 spiro atoms. The predicted octanol–water partition coefficient (Wildman–Crippen LogP) is 4.17. The number of rotatable bonds is 4. The van der Waals surface area contributed by atoms with E-state index >= 15 is 0 Å². The number of esters is 1. The maximum atomic E-state index is 12.8. The Bertz CT molecular complexity index is 1270. The SMILES string of the molecule is COC(=O)c1ccccc1S(=O)(=O)Nc1ccc2oc3ccccc3c2c1. The van der Waals surface area contributed by atoms with E-state index in [0.717, 1.165) is 16.4 Å². The minimum absolute atomic E-state index is 0.0256. The summed E-state index contributed by atoms with van der Waals surface area (Å²) in [6, 6.07) is 18.5. The Hall–Kier alpha value is -3.32. The van der Waals surface area contributed by atoms with Crippen LogP contribution < -0.4 is 4.72 Å². The number of anilines is 1. The third-order valence-electron chi connectivity index (χ3n) is 4.21. The largest absolute Gasteiger partial charge is 0.465 e. The maximum Gasteiger partial charge on any atom is 0.339 e. The van der Waals surface area contributed by atoms with Gasteiger partial charge in [-0.1, -0.05) is 30.3 Å². The molecule has 6 nitrogen and oxygen atoms in total. The molecule has 0 aliphatic rings. The zero-order valence-electron chi connectivity index (χ0n) is 14.3.